The number of aliphatic carboxylic acids is 1. The highest BCUT2D eigenvalue weighted by Crippen LogP contribution is 2.44. The van der Waals surface area contributed by atoms with Crippen molar-refractivity contribution in [2.45, 2.75) is 57.5 Å². The zero-order valence-corrected chi connectivity index (χ0v) is 19.7. The second-order valence-corrected chi connectivity index (χ2v) is 9.30. The van der Waals surface area contributed by atoms with E-state index in [2.05, 4.69) is 29.6 Å². The van der Waals surface area contributed by atoms with Crippen LogP contribution in [0.15, 0.2) is 48.5 Å². The molecule has 0 radical (unpaired) electrons. The number of amides is 2. The summed E-state index contributed by atoms with van der Waals surface area (Å²) in [5.41, 5.74) is 4.52. The smallest absolute Gasteiger partial charge is 0.407 e. The molecule has 1 heterocycles. The van der Waals surface area contributed by atoms with Crippen molar-refractivity contribution < 1.29 is 24.2 Å². The number of carbonyl (C=O) groups excluding carboxylic acids is 2. The number of nitrogens with zero attached hydrogens (tertiary/aromatic N) is 1. The van der Waals surface area contributed by atoms with Crippen LogP contribution >= 0.6 is 0 Å². The van der Waals surface area contributed by atoms with Crippen LogP contribution in [0.25, 0.3) is 11.1 Å². The van der Waals surface area contributed by atoms with Crippen LogP contribution in [0.2, 0.25) is 0 Å². The van der Waals surface area contributed by atoms with E-state index in [9.17, 15) is 19.5 Å². The van der Waals surface area contributed by atoms with Crippen LogP contribution < -0.4 is 5.32 Å². The van der Waals surface area contributed by atoms with Gasteiger partial charge >= 0.3 is 12.1 Å². The Morgan fingerprint density at radius 2 is 1.71 bits per heavy atom. The Morgan fingerprint density at radius 1 is 1.09 bits per heavy atom. The lowest BCUT2D eigenvalue weighted by atomic mass is 9.98. The van der Waals surface area contributed by atoms with Crippen molar-refractivity contribution in [3.8, 4) is 11.1 Å². The molecule has 0 bridgehead atoms. The van der Waals surface area contributed by atoms with Crippen LogP contribution in [0.4, 0.5) is 4.79 Å². The third-order valence-corrected chi connectivity index (χ3v) is 7.09. The maximum atomic E-state index is 13.2. The zero-order valence-electron chi connectivity index (χ0n) is 19.7. The minimum atomic E-state index is -1.01. The lowest BCUT2D eigenvalue weighted by molar-refractivity contribution is -0.149. The Bertz CT molecular complexity index is 1020. The minimum absolute atomic E-state index is 0.0724. The lowest BCUT2D eigenvalue weighted by Gasteiger charge is -2.28. The van der Waals surface area contributed by atoms with E-state index in [4.69, 9.17) is 4.74 Å². The van der Waals surface area contributed by atoms with Gasteiger partial charge in [-0.2, -0.15) is 0 Å². The fourth-order valence-electron chi connectivity index (χ4n) is 5.06. The number of carboxylic acids is 1. The monoisotopic (exact) mass is 464 g/mol. The van der Waals surface area contributed by atoms with Gasteiger partial charge < -0.3 is 20.1 Å². The quantitative estimate of drug-likeness (QED) is 0.604. The molecule has 34 heavy (non-hydrogen) atoms. The number of ether oxygens (including phenoxy) is 1. The molecule has 2 aliphatic rings. The maximum absolute atomic E-state index is 13.2. The van der Waals surface area contributed by atoms with Gasteiger partial charge in [-0.15, -0.1) is 0 Å². The van der Waals surface area contributed by atoms with Gasteiger partial charge in [0.15, 0.2) is 0 Å². The van der Waals surface area contributed by atoms with Gasteiger partial charge in [0.05, 0.1) is 0 Å². The van der Waals surface area contributed by atoms with Gasteiger partial charge in [0.25, 0.3) is 0 Å². The largest absolute Gasteiger partial charge is 0.480 e. The van der Waals surface area contributed by atoms with E-state index < -0.39 is 24.1 Å². The molecule has 7 heteroatoms. The summed E-state index contributed by atoms with van der Waals surface area (Å²) in [6, 6.07) is 14.6. The first kappa shape index (κ1) is 23.8. The van der Waals surface area contributed by atoms with E-state index in [1.165, 1.54) is 4.90 Å². The Balaban J connectivity index is 1.45. The Kier molecular flexibility index (Phi) is 7.20. The van der Waals surface area contributed by atoms with Crippen molar-refractivity contribution in [2.24, 2.45) is 5.92 Å². The van der Waals surface area contributed by atoms with Crippen LogP contribution in [0.1, 0.15) is 56.6 Å². The number of hydrogen-bond acceptors (Lipinski definition) is 4. The Hall–Kier alpha value is -3.35. The number of nitrogens with one attached hydrogen (secondary N) is 1. The fraction of sp³-hybridized carbons (Fsp3) is 0.444. The van der Waals surface area contributed by atoms with Gasteiger partial charge in [0, 0.05) is 12.5 Å². The van der Waals surface area contributed by atoms with Crippen molar-refractivity contribution in [1.29, 1.82) is 0 Å². The Labute approximate surface area is 200 Å². The van der Waals surface area contributed by atoms with Gasteiger partial charge in [-0.25, -0.2) is 9.59 Å². The molecule has 0 saturated carbocycles. The average Bonchev–Trinajstić information content (AvgIpc) is 3.45. The van der Waals surface area contributed by atoms with Gasteiger partial charge in [-0.05, 0) is 47.4 Å². The van der Waals surface area contributed by atoms with Crippen molar-refractivity contribution in [3.63, 3.8) is 0 Å². The molecule has 2 aromatic rings. The number of benzene rings is 2. The summed E-state index contributed by atoms with van der Waals surface area (Å²) in [5.74, 6) is -1.24. The number of carboxylic acid groups (broad SMARTS) is 1. The molecule has 2 N–H and O–H groups in total. The molecule has 1 saturated heterocycles. The molecular formula is C27H32N2O5. The number of alkyl carbamates (subject to hydrolysis) is 1. The lowest BCUT2D eigenvalue weighted by Crippen LogP contribution is -2.52. The summed E-state index contributed by atoms with van der Waals surface area (Å²) in [4.78, 5) is 39.0. The molecule has 2 amide bonds. The highest BCUT2D eigenvalue weighted by Gasteiger charge is 2.38. The molecule has 4 rings (SSSR count). The average molecular weight is 465 g/mol. The van der Waals surface area contributed by atoms with E-state index in [1.807, 2.05) is 38.1 Å². The molecule has 0 spiro atoms. The third kappa shape index (κ3) is 4.79. The highest BCUT2D eigenvalue weighted by molar-refractivity contribution is 5.89. The van der Waals surface area contributed by atoms with E-state index in [1.54, 1.807) is 0 Å². The normalized spacial score (nSPS) is 18.6. The SMILES string of the molecule is CCC(C)CC(NC(=O)OCC1c2ccccc2-c2ccccc21)C(=O)N1CCCC1C(=O)O. The molecule has 0 aromatic heterocycles. The van der Waals surface area contributed by atoms with Crippen molar-refractivity contribution in [2.75, 3.05) is 13.2 Å². The number of hydrogen-bond donors (Lipinski definition) is 2. The predicted molar refractivity (Wildman–Crippen MR) is 128 cm³/mol. The summed E-state index contributed by atoms with van der Waals surface area (Å²) in [6.45, 7) is 4.58. The van der Waals surface area contributed by atoms with E-state index >= 15 is 0 Å². The fourth-order valence-corrected chi connectivity index (χ4v) is 5.06. The maximum Gasteiger partial charge on any atom is 0.407 e. The van der Waals surface area contributed by atoms with Gasteiger partial charge in [0.1, 0.15) is 18.7 Å². The number of carbonyl (C=O) groups is 3. The van der Waals surface area contributed by atoms with Gasteiger partial charge in [-0.3, -0.25) is 4.79 Å². The topological polar surface area (TPSA) is 95.9 Å². The summed E-state index contributed by atoms with van der Waals surface area (Å²) in [5, 5.41) is 12.2. The molecule has 1 fully saturated rings. The summed E-state index contributed by atoms with van der Waals surface area (Å²) in [6.07, 6.45) is 1.70. The van der Waals surface area contributed by atoms with Crippen LogP contribution in [0, 0.1) is 5.92 Å². The number of fused-ring (bicyclic) bond motifs is 3. The second kappa shape index (κ2) is 10.3. The third-order valence-electron chi connectivity index (χ3n) is 7.09. The van der Waals surface area contributed by atoms with E-state index in [0.717, 1.165) is 28.7 Å². The van der Waals surface area contributed by atoms with Crippen molar-refractivity contribution >= 4 is 18.0 Å². The van der Waals surface area contributed by atoms with Gasteiger partial charge in [-0.1, -0.05) is 68.8 Å². The highest BCUT2D eigenvalue weighted by atomic mass is 16.5. The first-order valence-corrected chi connectivity index (χ1v) is 12.1. The van der Waals surface area contributed by atoms with Crippen molar-refractivity contribution in [3.05, 3.63) is 59.7 Å². The molecule has 3 atom stereocenters. The molecule has 7 nitrogen and oxygen atoms in total. The number of likely N-dealkylation sites (tertiary alicyclic amines) is 1. The van der Waals surface area contributed by atoms with Crippen LogP contribution in [-0.2, 0) is 14.3 Å². The van der Waals surface area contributed by atoms with Crippen LogP contribution in [0.5, 0.6) is 0 Å². The minimum Gasteiger partial charge on any atom is -0.480 e. The van der Waals surface area contributed by atoms with E-state index in [0.29, 0.717) is 25.8 Å². The first-order valence-electron chi connectivity index (χ1n) is 12.1. The Morgan fingerprint density at radius 3 is 2.29 bits per heavy atom. The zero-order chi connectivity index (χ0) is 24.2. The molecular weight excluding hydrogens is 432 g/mol. The molecule has 1 aliphatic heterocycles. The standard InChI is InChI=1S/C27H32N2O5/c1-3-17(2)15-23(25(30)29-14-8-13-24(29)26(31)32)28-27(33)34-16-22-20-11-6-4-9-18(20)19-10-5-7-12-21(19)22/h4-7,9-12,17,22-24H,3,8,13-16H2,1-2H3,(H,28,33)(H,31,32). The number of rotatable bonds is 8. The van der Waals surface area contributed by atoms with Crippen LogP contribution in [0.3, 0.4) is 0 Å². The second-order valence-electron chi connectivity index (χ2n) is 9.30. The van der Waals surface area contributed by atoms with Crippen molar-refractivity contribution in [1.82, 2.24) is 10.2 Å². The predicted octanol–water partition coefficient (Wildman–Crippen LogP) is 4.41. The molecule has 2 aromatic carbocycles. The molecule has 1 aliphatic carbocycles. The molecule has 3 unspecified atom stereocenters. The summed E-state index contributed by atoms with van der Waals surface area (Å²) in [7, 11) is 0. The first-order chi connectivity index (χ1) is 16.4. The summed E-state index contributed by atoms with van der Waals surface area (Å²) < 4.78 is 5.64. The van der Waals surface area contributed by atoms with E-state index in [-0.39, 0.29) is 24.3 Å². The van der Waals surface area contributed by atoms with Crippen LogP contribution in [-0.4, -0.2) is 53.2 Å². The van der Waals surface area contributed by atoms with Gasteiger partial charge in [0.2, 0.25) is 5.91 Å². The summed E-state index contributed by atoms with van der Waals surface area (Å²) >= 11 is 0. The molecule has 180 valence electrons.